The second kappa shape index (κ2) is 9.98. The summed E-state index contributed by atoms with van der Waals surface area (Å²) in [6.45, 7) is 6.34. The minimum atomic E-state index is -4.94. The maximum Gasteiger partial charge on any atom is 0.418 e. The van der Waals surface area contributed by atoms with Crippen LogP contribution < -0.4 is 10.1 Å². The van der Waals surface area contributed by atoms with E-state index in [1.807, 2.05) is 36.7 Å². The van der Waals surface area contributed by atoms with Gasteiger partial charge in [-0.25, -0.2) is 4.39 Å². The van der Waals surface area contributed by atoms with E-state index in [1.165, 1.54) is 33.1 Å². The van der Waals surface area contributed by atoms with Gasteiger partial charge in [-0.15, -0.1) is 0 Å². The summed E-state index contributed by atoms with van der Waals surface area (Å²) >= 11 is 0. The number of nitrogens with zero attached hydrogens (tertiary/aromatic N) is 1. The molecular weight excluding hydrogens is 496 g/mol. The molecule has 0 amide bonds. The molecule has 0 saturated carbocycles. The van der Waals surface area contributed by atoms with Crippen molar-refractivity contribution in [1.29, 1.82) is 0 Å². The minimum absolute atomic E-state index is 0.247. The molecule has 0 radical (unpaired) electrons. The van der Waals surface area contributed by atoms with E-state index >= 15 is 0 Å². The predicted octanol–water partition coefficient (Wildman–Crippen LogP) is 7.47. The largest absolute Gasteiger partial charge is 0.496 e. The Morgan fingerprint density at radius 2 is 1.61 bits per heavy atom. The van der Waals surface area contributed by atoms with Crippen LogP contribution in [0.2, 0.25) is 0 Å². The topological polar surface area (TPSA) is 46.4 Å². The summed E-state index contributed by atoms with van der Waals surface area (Å²) in [6.07, 6.45) is -3.72. The summed E-state index contributed by atoms with van der Waals surface area (Å²) < 4.78 is 63.9. The van der Waals surface area contributed by atoms with E-state index in [1.54, 1.807) is 12.1 Å². The SMILES string of the molecule is COc1ccc(F)cc1C(C)(C)CC(O)(CNc1ccc2c(ccn2-c2cc(C)cc(C)c2)c1)C(F)(F)F. The normalized spacial score (nSPS) is 13.9. The zero-order valence-corrected chi connectivity index (χ0v) is 22.1. The fraction of sp³-hybridized carbons (Fsp3) is 0.333. The molecule has 8 heteroatoms. The standard InChI is InChI=1S/C30H32F4N2O2/c1-19-12-20(2)14-24(13-19)36-11-10-21-15-23(7-8-26(21)36)35-18-29(37,30(32,33)34)17-28(3,4)25-16-22(31)6-9-27(25)38-5/h6-16,35,37H,17-18H2,1-5H3. The van der Waals surface area contributed by atoms with Crippen LogP contribution in [0.4, 0.5) is 23.2 Å². The highest BCUT2D eigenvalue weighted by Gasteiger charge is 2.56. The van der Waals surface area contributed by atoms with Crippen LogP contribution in [0.1, 0.15) is 37.0 Å². The van der Waals surface area contributed by atoms with Crippen LogP contribution in [0.3, 0.4) is 0 Å². The Labute approximate surface area is 219 Å². The number of alkyl halides is 3. The van der Waals surface area contributed by atoms with Crippen molar-refractivity contribution in [3.8, 4) is 11.4 Å². The molecule has 202 valence electrons. The van der Waals surface area contributed by atoms with Crippen molar-refractivity contribution in [3.63, 3.8) is 0 Å². The Hall–Kier alpha value is -3.52. The van der Waals surface area contributed by atoms with Gasteiger partial charge in [0.2, 0.25) is 0 Å². The fourth-order valence-corrected chi connectivity index (χ4v) is 5.11. The van der Waals surface area contributed by atoms with Gasteiger partial charge in [0.25, 0.3) is 0 Å². The first-order valence-electron chi connectivity index (χ1n) is 12.3. The highest BCUT2D eigenvalue weighted by molar-refractivity contribution is 5.85. The first-order valence-corrected chi connectivity index (χ1v) is 12.3. The first-order chi connectivity index (χ1) is 17.7. The highest BCUT2D eigenvalue weighted by atomic mass is 19.4. The zero-order chi connectivity index (χ0) is 27.9. The molecule has 2 N–H and O–H groups in total. The van der Waals surface area contributed by atoms with Crippen LogP contribution in [0, 0.1) is 19.7 Å². The van der Waals surface area contributed by atoms with Crippen molar-refractivity contribution < 1.29 is 27.4 Å². The van der Waals surface area contributed by atoms with Crippen molar-refractivity contribution >= 4 is 16.6 Å². The highest BCUT2D eigenvalue weighted by Crippen LogP contribution is 2.44. The summed E-state index contributed by atoms with van der Waals surface area (Å²) in [5.74, 6) is -0.337. The summed E-state index contributed by atoms with van der Waals surface area (Å²) in [5, 5.41) is 14.6. The lowest BCUT2D eigenvalue weighted by Crippen LogP contribution is -2.53. The van der Waals surface area contributed by atoms with Crippen molar-refractivity contribution in [3.05, 3.63) is 89.4 Å². The van der Waals surface area contributed by atoms with Gasteiger partial charge in [0.1, 0.15) is 11.6 Å². The molecule has 0 aliphatic rings. The van der Waals surface area contributed by atoms with Crippen LogP contribution in [0.5, 0.6) is 5.75 Å². The molecule has 4 rings (SSSR count). The number of nitrogens with one attached hydrogen (secondary N) is 1. The molecule has 3 aromatic carbocycles. The maximum atomic E-state index is 14.2. The second-order valence-electron chi connectivity index (χ2n) is 10.6. The molecule has 1 unspecified atom stereocenters. The third-order valence-corrected chi connectivity index (χ3v) is 6.91. The Morgan fingerprint density at radius 3 is 2.24 bits per heavy atom. The van der Waals surface area contributed by atoms with E-state index in [-0.39, 0.29) is 11.3 Å². The first kappa shape index (κ1) is 27.5. The van der Waals surface area contributed by atoms with Gasteiger partial charge in [0.05, 0.1) is 19.2 Å². The van der Waals surface area contributed by atoms with Crippen molar-refractivity contribution in [2.45, 2.75) is 51.3 Å². The molecule has 0 spiro atoms. The minimum Gasteiger partial charge on any atom is -0.496 e. The molecule has 0 fully saturated rings. The molecule has 0 bridgehead atoms. The smallest absolute Gasteiger partial charge is 0.418 e. The lowest BCUT2D eigenvalue weighted by Gasteiger charge is -2.38. The van der Waals surface area contributed by atoms with Gasteiger partial charge in [-0.2, -0.15) is 13.2 Å². The number of anilines is 1. The number of aromatic nitrogens is 1. The Bertz CT molecular complexity index is 1440. The number of aliphatic hydroxyl groups is 1. The molecule has 0 saturated heterocycles. The number of aryl methyl sites for hydroxylation is 2. The number of fused-ring (bicyclic) bond motifs is 1. The van der Waals surface area contributed by atoms with E-state index in [0.717, 1.165) is 33.8 Å². The van der Waals surface area contributed by atoms with E-state index in [0.29, 0.717) is 5.69 Å². The van der Waals surface area contributed by atoms with Gasteiger partial charge >= 0.3 is 6.18 Å². The molecular formula is C30H32F4N2O2. The van der Waals surface area contributed by atoms with Gasteiger partial charge in [0.15, 0.2) is 5.60 Å². The van der Waals surface area contributed by atoms with E-state index in [2.05, 4.69) is 23.5 Å². The average molecular weight is 529 g/mol. The molecule has 0 aliphatic carbocycles. The summed E-state index contributed by atoms with van der Waals surface area (Å²) in [7, 11) is 1.37. The lowest BCUT2D eigenvalue weighted by molar-refractivity contribution is -0.260. The molecule has 1 aromatic heterocycles. The van der Waals surface area contributed by atoms with Crippen molar-refractivity contribution in [2.75, 3.05) is 19.0 Å². The molecule has 4 nitrogen and oxygen atoms in total. The second-order valence-corrected chi connectivity index (χ2v) is 10.6. The maximum absolute atomic E-state index is 14.2. The zero-order valence-electron chi connectivity index (χ0n) is 22.1. The lowest BCUT2D eigenvalue weighted by atomic mass is 9.74. The summed E-state index contributed by atoms with van der Waals surface area (Å²) in [6, 6.07) is 17.1. The third-order valence-electron chi connectivity index (χ3n) is 6.91. The number of methoxy groups -OCH3 is 1. The Kier molecular flexibility index (Phi) is 7.23. The monoisotopic (exact) mass is 528 g/mol. The molecule has 4 aromatic rings. The summed E-state index contributed by atoms with van der Waals surface area (Å²) in [5.41, 5.74) is 0.512. The van der Waals surface area contributed by atoms with Gasteiger partial charge < -0.3 is 19.7 Å². The van der Waals surface area contributed by atoms with Crippen LogP contribution in [-0.4, -0.2) is 35.1 Å². The van der Waals surface area contributed by atoms with Crippen molar-refractivity contribution in [2.24, 2.45) is 0 Å². The van der Waals surface area contributed by atoms with Crippen LogP contribution in [-0.2, 0) is 5.41 Å². The number of hydrogen-bond donors (Lipinski definition) is 2. The predicted molar refractivity (Wildman–Crippen MR) is 143 cm³/mol. The van der Waals surface area contributed by atoms with Crippen LogP contribution in [0.15, 0.2) is 66.9 Å². The van der Waals surface area contributed by atoms with Crippen LogP contribution >= 0.6 is 0 Å². The number of halogens is 4. The number of rotatable bonds is 8. The number of benzene rings is 3. The third kappa shape index (κ3) is 5.50. The average Bonchev–Trinajstić information content (AvgIpc) is 3.24. The van der Waals surface area contributed by atoms with E-state index in [9.17, 15) is 22.7 Å². The fourth-order valence-electron chi connectivity index (χ4n) is 5.11. The van der Waals surface area contributed by atoms with Gasteiger partial charge in [-0.05, 0) is 91.4 Å². The summed E-state index contributed by atoms with van der Waals surface area (Å²) in [4.78, 5) is 0. The number of hydrogen-bond acceptors (Lipinski definition) is 3. The Balaban J connectivity index is 1.60. The molecule has 1 atom stereocenters. The van der Waals surface area contributed by atoms with Gasteiger partial charge in [-0.3, -0.25) is 0 Å². The Morgan fingerprint density at radius 1 is 0.921 bits per heavy atom. The molecule has 1 heterocycles. The van der Waals surface area contributed by atoms with Gasteiger partial charge in [0, 0.05) is 28.5 Å². The van der Waals surface area contributed by atoms with E-state index in [4.69, 9.17) is 4.74 Å². The van der Waals surface area contributed by atoms with Crippen LogP contribution in [0.25, 0.3) is 16.6 Å². The van der Waals surface area contributed by atoms with E-state index < -0.39 is 36.0 Å². The number of ether oxygens (including phenoxy) is 1. The molecule has 0 aliphatic heterocycles. The molecule has 38 heavy (non-hydrogen) atoms. The van der Waals surface area contributed by atoms with Gasteiger partial charge in [-0.1, -0.05) is 19.9 Å². The quantitative estimate of drug-likeness (QED) is 0.233. The van der Waals surface area contributed by atoms with Crippen molar-refractivity contribution in [1.82, 2.24) is 4.57 Å².